The van der Waals surface area contributed by atoms with Crippen LogP contribution in [0.15, 0.2) is 0 Å². The summed E-state index contributed by atoms with van der Waals surface area (Å²) in [4.78, 5) is 21.1. The minimum atomic E-state index is -0.318. The predicted molar refractivity (Wildman–Crippen MR) is 71.7 cm³/mol. The summed E-state index contributed by atoms with van der Waals surface area (Å²) in [6.45, 7) is 2.13. The van der Waals surface area contributed by atoms with E-state index in [1.54, 1.807) is 0 Å². The quantitative estimate of drug-likeness (QED) is 0.705. The van der Waals surface area contributed by atoms with E-state index in [1.807, 2.05) is 0 Å². The van der Waals surface area contributed by atoms with Gasteiger partial charge in [0.1, 0.15) is 0 Å². The van der Waals surface area contributed by atoms with Gasteiger partial charge in [0.2, 0.25) is 0 Å². The Hall–Kier alpha value is -0.360. The van der Waals surface area contributed by atoms with Crippen molar-refractivity contribution < 1.29 is 9.59 Å². The lowest BCUT2D eigenvalue weighted by Crippen LogP contribution is -2.09. The molecular weight excluding hydrogens is 244 g/mol. The number of primary amides is 2. The fraction of sp³-hybridized carbons (Fsp3) is 0.800. The molecule has 0 atom stereocenters. The van der Waals surface area contributed by atoms with E-state index in [1.165, 1.54) is 23.5 Å². The number of amides is 2. The van der Waals surface area contributed by atoms with E-state index in [9.17, 15) is 9.59 Å². The molecule has 16 heavy (non-hydrogen) atoms. The lowest BCUT2D eigenvalue weighted by molar-refractivity contribution is 0.266. The van der Waals surface area contributed by atoms with E-state index >= 15 is 0 Å². The Bertz CT molecular complexity index is 205. The first-order valence-corrected chi connectivity index (χ1v) is 7.37. The van der Waals surface area contributed by atoms with Crippen molar-refractivity contribution in [2.75, 3.05) is 11.5 Å². The van der Waals surface area contributed by atoms with Gasteiger partial charge in [-0.05, 0) is 18.8 Å². The molecule has 0 saturated carbocycles. The summed E-state index contributed by atoms with van der Waals surface area (Å²) in [5.74, 6) is 2.09. The molecule has 0 aliphatic carbocycles. The summed E-state index contributed by atoms with van der Waals surface area (Å²) >= 11 is 2.33. The van der Waals surface area contributed by atoms with Crippen LogP contribution in [0.4, 0.5) is 9.59 Å². The molecule has 0 unspecified atom stereocenters. The zero-order valence-corrected chi connectivity index (χ0v) is 11.2. The van der Waals surface area contributed by atoms with Crippen molar-refractivity contribution in [3.8, 4) is 0 Å². The Kier molecular flexibility index (Phi) is 9.62. The minimum Gasteiger partial charge on any atom is -0.361 e. The van der Waals surface area contributed by atoms with E-state index in [0.717, 1.165) is 37.2 Å². The van der Waals surface area contributed by atoms with E-state index in [-0.39, 0.29) is 10.5 Å². The highest BCUT2D eigenvalue weighted by Gasteiger charge is 2.09. The van der Waals surface area contributed by atoms with Crippen molar-refractivity contribution in [1.29, 1.82) is 0 Å². The molecule has 0 saturated heterocycles. The maximum absolute atomic E-state index is 10.6. The molecule has 0 bridgehead atoms. The van der Waals surface area contributed by atoms with Crippen LogP contribution in [0.2, 0.25) is 0 Å². The summed E-state index contributed by atoms with van der Waals surface area (Å²) < 4.78 is 0. The first-order valence-electron chi connectivity index (χ1n) is 5.40. The number of nitrogens with two attached hydrogens (primary N) is 2. The number of carbonyl (C=O) groups is 2. The predicted octanol–water partition coefficient (Wildman–Crippen LogP) is 2.81. The van der Waals surface area contributed by atoms with Crippen LogP contribution in [0.3, 0.4) is 0 Å². The molecule has 0 radical (unpaired) electrons. The molecule has 2 amide bonds. The van der Waals surface area contributed by atoms with Crippen LogP contribution in [0, 0.1) is 5.92 Å². The molecule has 6 heteroatoms. The third kappa shape index (κ3) is 10.2. The van der Waals surface area contributed by atoms with Gasteiger partial charge in [0.15, 0.2) is 0 Å². The second kappa shape index (κ2) is 9.84. The Labute approximate surface area is 105 Å². The maximum Gasteiger partial charge on any atom is 0.276 e. The highest BCUT2D eigenvalue weighted by atomic mass is 32.2. The van der Waals surface area contributed by atoms with Gasteiger partial charge in [0, 0.05) is 11.5 Å². The average molecular weight is 264 g/mol. The van der Waals surface area contributed by atoms with E-state index in [2.05, 4.69) is 6.92 Å². The molecular formula is C10H20N2O2S2. The average Bonchev–Trinajstić information content (AvgIpc) is 2.16. The largest absolute Gasteiger partial charge is 0.361 e. The summed E-state index contributed by atoms with van der Waals surface area (Å²) in [7, 11) is 0. The minimum absolute atomic E-state index is 0.318. The fourth-order valence-electron chi connectivity index (χ4n) is 1.49. The molecule has 0 aliphatic rings. The molecule has 0 aromatic rings. The van der Waals surface area contributed by atoms with Crippen LogP contribution < -0.4 is 11.5 Å². The molecule has 0 aromatic heterocycles. The smallest absolute Gasteiger partial charge is 0.276 e. The Morgan fingerprint density at radius 2 is 1.44 bits per heavy atom. The number of hydrogen-bond donors (Lipinski definition) is 2. The highest BCUT2D eigenvalue weighted by Crippen LogP contribution is 2.20. The number of hydrogen-bond acceptors (Lipinski definition) is 4. The van der Waals surface area contributed by atoms with E-state index < -0.39 is 0 Å². The molecule has 0 rings (SSSR count). The monoisotopic (exact) mass is 264 g/mol. The van der Waals surface area contributed by atoms with Crippen molar-refractivity contribution in [3.63, 3.8) is 0 Å². The summed E-state index contributed by atoms with van der Waals surface area (Å²) in [6.07, 6.45) is 4.19. The summed E-state index contributed by atoms with van der Waals surface area (Å²) in [5.41, 5.74) is 10.1. The van der Waals surface area contributed by atoms with Gasteiger partial charge >= 0.3 is 0 Å². The van der Waals surface area contributed by atoms with Gasteiger partial charge in [-0.3, -0.25) is 9.59 Å². The van der Waals surface area contributed by atoms with Gasteiger partial charge in [0.05, 0.1) is 0 Å². The summed E-state index contributed by atoms with van der Waals surface area (Å²) in [6, 6.07) is 0. The molecule has 0 heterocycles. The fourth-order valence-corrected chi connectivity index (χ4v) is 2.80. The molecule has 0 aliphatic heterocycles. The lowest BCUT2D eigenvalue weighted by atomic mass is 9.98. The van der Waals surface area contributed by atoms with Crippen LogP contribution in [0.5, 0.6) is 0 Å². The molecule has 4 N–H and O–H groups in total. The van der Waals surface area contributed by atoms with E-state index in [4.69, 9.17) is 11.5 Å². The maximum atomic E-state index is 10.6. The first-order chi connectivity index (χ1) is 7.56. The van der Waals surface area contributed by atoms with Gasteiger partial charge in [-0.1, -0.05) is 43.3 Å². The van der Waals surface area contributed by atoms with Crippen LogP contribution in [-0.4, -0.2) is 22.0 Å². The zero-order chi connectivity index (χ0) is 12.4. The van der Waals surface area contributed by atoms with Gasteiger partial charge in [-0.15, -0.1) is 0 Å². The van der Waals surface area contributed by atoms with Gasteiger partial charge in [-0.25, -0.2) is 0 Å². The molecule has 0 spiro atoms. The van der Waals surface area contributed by atoms with Crippen molar-refractivity contribution in [3.05, 3.63) is 0 Å². The van der Waals surface area contributed by atoms with Gasteiger partial charge < -0.3 is 11.5 Å². The molecule has 4 nitrogen and oxygen atoms in total. The zero-order valence-electron chi connectivity index (χ0n) is 9.61. The number of rotatable bonds is 8. The standard InChI is InChI=1S/C10H20N2O2S2/c1-2-3-8(4-6-15-9(11)13)5-7-16-10(12)14/h8H,2-7H2,1H3,(H2,11,13)(H2,12,14). The lowest BCUT2D eigenvalue weighted by Gasteiger charge is -2.14. The number of carbonyl (C=O) groups excluding carboxylic acids is 2. The van der Waals surface area contributed by atoms with Crippen LogP contribution in [-0.2, 0) is 0 Å². The molecule has 94 valence electrons. The summed E-state index contributed by atoms with van der Waals surface area (Å²) in [5, 5.41) is -0.636. The second-order valence-corrected chi connectivity index (χ2v) is 5.77. The van der Waals surface area contributed by atoms with Crippen LogP contribution in [0.1, 0.15) is 32.6 Å². The number of thioether (sulfide) groups is 2. The van der Waals surface area contributed by atoms with Crippen molar-refractivity contribution in [2.45, 2.75) is 32.6 Å². The third-order valence-corrected chi connectivity index (χ3v) is 3.69. The third-order valence-electron chi connectivity index (χ3n) is 2.24. The Morgan fingerprint density at radius 1 is 1.00 bits per heavy atom. The normalized spacial score (nSPS) is 10.6. The van der Waals surface area contributed by atoms with Gasteiger partial charge in [0.25, 0.3) is 10.5 Å². The van der Waals surface area contributed by atoms with Crippen LogP contribution >= 0.6 is 23.5 Å². The topological polar surface area (TPSA) is 86.2 Å². The highest BCUT2D eigenvalue weighted by molar-refractivity contribution is 8.13. The Balaban J connectivity index is 3.69. The Morgan fingerprint density at radius 3 is 1.75 bits per heavy atom. The van der Waals surface area contributed by atoms with Crippen molar-refractivity contribution >= 4 is 34.0 Å². The molecule has 0 fully saturated rings. The first kappa shape index (κ1) is 15.6. The van der Waals surface area contributed by atoms with Gasteiger partial charge in [-0.2, -0.15) is 0 Å². The van der Waals surface area contributed by atoms with Crippen molar-refractivity contribution in [1.82, 2.24) is 0 Å². The second-order valence-electron chi connectivity index (χ2n) is 3.57. The molecule has 0 aromatic carbocycles. The van der Waals surface area contributed by atoms with Crippen molar-refractivity contribution in [2.24, 2.45) is 17.4 Å². The SMILES string of the molecule is CCCC(CCSC(N)=O)CCSC(N)=O. The van der Waals surface area contributed by atoms with Crippen LogP contribution in [0.25, 0.3) is 0 Å². The van der Waals surface area contributed by atoms with E-state index in [0.29, 0.717) is 5.92 Å².